The molecule has 2 fully saturated rings. The van der Waals surface area contributed by atoms with Crippen molar-refractivity contribution in [2.75, 3.05) is 0 Å². The Bertz CT molecular complexity index is 1130. The second-order valence-electron chi connectivity index (χ2n) is 8.06. The Labute approximate surface area is 162 Å². The van der Waals surface area contributed by atoms with Gasteiger partial charge >= 0.3 is 0 Å². The fourth-order valence-corrected chi connectivity index (χ4v) is 4.18. The molecule has 0 spiro atoms. The molecule has 2 aliphatic rings. The molecule has 2 heterocycles. The van der Waals surface area contributed by atoms with Gasteiger partial charge in [0.1, 0.15) is 0 Å². The number of carbonyl (C=O) groups excluding carboxylic acids is 1. The molecule has 2 N–H and O–H groups in total. The molecule has 2 aliphatic carbocycles. The standard InChI is InChI=1S/C22H23N3O3/c26-16-8-6-15(7-9-16)23-21(27)17-2-1-11-25-20(17)24-19-10-5-14(13-3-4-13)12-18(19)22(25)28/h1-2,5,10-13,15-16,26H,3-4,6-9H2,(H,23,27). The average Bonchev–Trinajstić information content (AvgIpc) is 3.55. The maximum absolute atomic E-state index is 13.0. The van der Waals surface area contributed by atoms with Gasteiger partial charge in [-0.3, -0.25) is 14.0 Å². The van der Waals surface area contributed by atoms with Crippen molar-refractivity contribution in [1.82, 2.24) is 14.7 Å². The van der Waals surface area contributed by atoms with Crippen LogP contribution in [0.3, 0.4) is 0 Å². The third-order valence-electron chi connectivity index (χ3n) is 5.99. The van der Waals surface area contributed by atoms with Gasteiger partial charge in [0.05, 0.1) is 22.6 Å². The van der Waals surface area contributed by atoms with Crippen molar-refractivity contribution in [2.24, 2.45) is 0 Å². The summed E-state index contributed by atoms with van der Waals surface area (Å²) in [5.41, 5.74) is 2.46. The summed E-state index contributed by atoms with van der Waals surface area (Å²) < 4.78 is 1.47. The Balaban J connectivity index is 1.54. The van der Waals surface area contributed by atoms with Crippen LogP contribution in [0.25, 0.3) is 16.6 Å². The summed E-state index contributed by atoms with van der Waals surface area (Å²) in [5, 5.41) is 13.3. The van der Waals surface area contributed by atoms with E-state index in [1.807, 2.05) is 18.2 Å². The summed E-state index contributed by atoms with van der Waals surface area (Å²) in [4.78, 5) is 30.6. The number of aromatic nitrogens is 2. The van der Waals surface area contributed by atoms with Crippen molar-refractivity contribution < 1.29 is 9.90 Å². The summed E-state index contributed by atoms with van der Waals surface area (Å²) >= 11 is 0. The fourth-order valence-electron chi connectivity index (χ4n) is 4.18. The molecular weight excluding hydrogens is 354 g/mol. The number of aliphatic hydroxyl groups excluding tert-OH is 1. The van der Waals surface area contributed by atoms with Crippen molar-refractivity contribution in [3.05, 3.63) is 58.0 Å². The van der Waals surface area contributed by atoms with E-state index in [0.29, 0.717) is 40.9 Å². The van der Waals surface area contributed by atoms with E-state index < -0.39 is 0 Å². The first-order valence-electron chi connectivity index (χ1n) is 10.0. The van der Waals surface area contributed by atoms with Gasteiger partial charge in [-0.25, -0.2) is 4.98 Å². The van der Waals surface area contributed by atoms with E-state index in [2.05, 4.69) is 10.3 Å². The Kier molecular flexibility index (Phi) is 4.16. The highest BCUT2D eigenvalue weighted by Crippen LogP contribution is 2.40. The summed E-state index contributed by atoms with van der Waals surface area (Å²) in [6.07, 6.45) is 6.68. The van der Waals surface area contributed by atoms with Crippen LogP contribution in [0.2, 0.25) is 0 Å². The number of hydrogen-bond acceptors (Lipinski definition) is 4. The van der Waals surface area contributed by atoms with Gasteiger partial charge in [0.2, 0.25) is 0 Å². The second-order valence-corrected chi connectivity index (χ2v) is 8.06. The van der Waals surface area contributed by atoms with Gasteiger partial charge in [-0.05, 0) is 74.3 Å². The lowest BCUT2D eigenvalue weighted by Crippen LogP contribution is -2.39. The molecule has 5 rings (SSSR count). The maximum Gasteiger partial charge on any atom is 0.265 e. The lowest BCUT2D eigenvalue weighted by atomic mass is 9.93. The third kappa shape index (κ3) is 3.07. The molecule has 1 aromatic carbocycles. The smallest absolute Gasteiger partial charge is 0.265 e. The molecule has 1 amide bonds. The van der Waals surface area contributed by atoms with Gasteiger partial charge in [0, 0.05) is 12.2 Å². The number of carbonyl (C=O) groups is 1. The Morgan fingerprint density at radius 3 is 2.64 bits per heavy atom. The lowest BCUT2D eigenvalue weighted by molar-refractivity contribution is 0.0868. The van der Waals surface area contributed by atoms with E-state index in [1.165, 1.54) is 22.8 Å². The van der Waals surface area contributed by atoms with Gasteiger partial charge in [0.25, 0.3) is 11.5 Å². The predicted molar refractivity (Wildman–Crippen MR) is 107 cm³/mol. The first kappa shape index (κ1) is 17.4. The molecule has 0 saturated heterocycles. The summed E-state index contributed by atoms with van der Waals surface area (Å²) in [6.45, 7) is 0. The van der Waals surface area contributed by atoms with Gasteiger partial charge in [-0.2, -0.15) is 0 Å². The van der Waals surface area contributed by atoms with E-state index in [0.717, 1.165) is 12.8 Å². The van der Waals surface area contributed by atoms with Crippen molar-refractivity contribution in [1.29, 1.82) is 0 Å². The largest absolute Gasteiger partial charge is 0.393 e. The Hall–Kier alpha value is -2.73. The number of hydrogen-bond donors (Lipinski definition) is 2. The molecule has 0 bridgehead atoms. The zero-order valence-electron chi connectivity index (χ0n) is 15.6. The molecule has 2 aromatic heterocycles. The number of amides is 1. The normalized spacial score (nSPS) is 22.5. The fraction of sp³-hybridized carbons (Fsp3) is 0.409. The Morgan fingerprint density at radius 2 is 1.89 bits per heavy atom. The maximum atomic E-state index is 13.0. The molecule has 6 nitrogen and oxygen atoms in total. The Morgan fingerprint density at radius 1 is 1.11 bits per heavy atom. The van der Waals surface area contributed by atoms with Crippen LogP contribution in [0.15, 0.2) is 41.3 Å². The second kappa shape index (κ2) is 6.71. The van der Waals surface area contributed by atoms with Gasteiger partial charge in [0.15, 0.2) is 5.65 Å². The van der Waals surface area contributed by atoms with E-state index in [4.69, 9.17) is 0 Å². The van der Waals surface area contributed by atoms with Crippen molar-refractivity contribution in [2.45, 2.75) is 56.6 Å². The van der Waals surface area contributed by atoms with Crippen molar-refractivity contribution in [3.8, 4) is 0 Å². The molecular formula is C22H23N3O3. The van der Waals surface area contributed by atoms with Crippen LogP contribution in [0, 0.1) is 0 Å². The zero-order chi connectivity index (χ0) is 19.3. The van der Waals surface area contributed by atoms with Crippen LogP contribution in [-0.4, -0.2) is 32.5 Å². The van der Waals surface area contributed by atoms with E-state index in [9.17, 15) is 14.7 Å². The van der Waals surface area contributed by atoms with Crippen molar-refractivity contribution in [3.63, 3.8) is 0 Å². The minimum Gasteiger partial charge on any atom is -0.393 e. The van der Waals surface area contributed by atoms with E-state index in [1.54, 1.807) is 18.3 Å². The number of nitrogens with zero attached hydrogens (tertiary/aromatic N) is 2. The average molecular weight is 377 g/mol. The monoisotopic (exact) mass is 377 g/mol. The zero-order valence-corrected chi connectivity index (χ0v) is 15.6. The van der Waals surface area contributed by atoms with Crippen LogP contribution >= 0.6 is 0 Å². The van der Waals surface area contributed by atoms with Gasteiger partial charge < -0.3 is 10.4 Å². The summed E-state index contributed by atoms with van der Waals surface area (Å²) in [6, 6.07) is 9.35. The summed E-state index contributed by atoms with van der Waals surface area (Å²) in [7, 11) is 0. The predicted octanol–water partition coefficient (Wildman–Crippen LogP) is 2.76. The highest BCUT2D eigenvalue weighted by atomic mass is 16.3. The number of fused-ring (bicyclic) bond motifs is 2. The molecule has 0 unspecified atom stereocenters. The highest BCUT2D eigenvalue weighted by Gasteiger charge is 2.25. The number of nitrogens with one attached hydrogen (secondary N) is 1. The first-order chi connectivity index (χ1) is 13.6. The van der Waals surface area contributed by atoms with E-state index >= 15 is 0 Å². The minimum absolute atomic E-state index is 0.0458. The quantitative estimate of drug-likeness (QED) is 0.688. The molecule has 0 radical (unpaired) electrons. The molecule has 6 heteroatoms. The summed E-state index contributed by atoms with van der Waals surface area (Å²) in [5.74, 6) is 0.343. The highest BCUT2D eigenvalue weighted by molar-refractivity contribution is 6.00. The molecule has 2 saturated carbocycles. The minimum atomic E-state index is -0.266. The molecule has 3 aromatic rings. The van der Waals surface area contributed by atoms with Crippen LogP contribution in [0.1, 0.15) is 60.4 Å². The number of pyridine rings is 1. The van der Waals surface area contributed by atoms with Crippen molar-refractivity contribution >= 4 is 22.5 Å². The number of aliphatic hydroxyl groups is 1. The van der Waals surface area contributed by atoms with Gasteiger partial charge in [-0.15, -0.1) is 0 Å². The van der Waals surface area contributed by atoms with Crippen LogP contribution in [0.4, 0.5) is 0 Å². The number of benzene rings is 1. The van der Waals surface area contributed by atoms with Crippen LogP contribution < -0.4 is 10.9 Å². The molecule has 0 aliphatic heterocycles. The number of rotatable bonds is 3. The topological polar surface area (TPSA) is 83.7 Å². The van der Waals surface area contributed by atoms with Crippen LogP contribution in [-0.2, 0) is 0 Å². The molecule has 144 valence electrons. The molecule has 0 atom stereocenters. The lowest BCUT2D eigenvalue weighted by Gasteiger charge is -2.26. The SMILES string of the molecule is O=C(NC1CCC(O)CC1)c1cccn2c(=O)c3cc(C4CC4)ccc3nc12. The van der Waals surface area contributed by atoms with Gasteiger partial charge in [-0.1, -0.05) is 6.07 Å². The van der Waals surface area contributed by atoms with E-state index in [-0.39, 0.29) is 23.6 Å². The molecule has 28 heavy (non-hydrogen) atoms. The van der Waals surface area contributed by atoms with Crippen LogP contribution in [0.5, 0.6) is 0 Å². The first-order valence-corrected chi connectivity index (χ1v) is 10.0. The third-order valence-corrected chi connectivity index (χ3v) is 5.99.